The van der Waals surface area contributed by atoms with E-state index in [0.717, 1.165) is 26.5 Å². The number of hydrogen-bond acceptors (Lipinski definition) is 5. The molecule has 1 saturated heterocycles. The monoisotopic (exact) mass is 572 g/mol. The molecule has 4 aromatic rings. The molecule has 7 heteroatoms. The maximum Gasteiger partial charge on any atom is 0.343 e. The Morgan fingerprint density at radius 1 is 0.767 bits per heavy atom. The fourth-order valence-electron chi connectivity index (χ4n) is 4.85. The molecular formula is C36H32N2O5. The van der Waals surface area contributed by atoms with Crippen molar-refractivity contribution < 1.29 is 23.9 Å². The van der Waals surface area contributed by atoms with E-state index >= 15 is 0 Å². The van der Waals surface area contributed by atoms with Crippen LogP contribution in [0.15, 0.2) is 115 Å². The van der Waals surface area contributed by atoms with E-state index in [1.165, 1.54) is 6.08 Å². The number of imide groups is 2. The number of nitrogens with zero attached hydrogens (tertiary/aromatic N) is 2. The average Bonchev–Trinajstić information content (AvgIpc) is 3.01. The fourth-order valence-corrected chi connectivity index (χ4v) is 4.85. The summed E-state index contributed by atoms with van der Waals surface area (Å²) in [6.07, 6.45) is 3.72. The van der Waals surface area contributed by atoms with E-state index in [4.69, 9.17) is 9.47 Å². The quantitative estimate of drug-likeness (QED) is 0.113. The van der Waals surface area contributed by atoms with Crippen LogP contribution in [-0.2, 0) is 22.6 Å². The van der Waals surface area contributed by atoms with Crippen molar-refractivity contribution in [1.82, 2.24) is 0 Å². The number of barbiturate groups is 1. The van der Waals surface area contributed by atoms with Crippen LogP contribution < -0.4 is 19.3 Å². The Kier molecular flexibility index (Phi) is 8.82. The fraction of sp³-hybridized carbons (Fsp3) is 0.139. The van der Waals surface area contributed by atoms with Crippen molar-refractivity contribution >= 4 is 35.3 Å². The van der Waals surface area contributed by atoms with Gasteiger partial charge < -0.3 is 9.47 Å². The van der Waals surface area contributed by atoms with Gasteiger partial charge in [0.1, 0.15) is 12.2 Å². The van der Waals surface area contributed by atoms with Crippen LogP contribution in [0, 0.1) is 6.92 Å². The topological polar surface area (TPSA) is 76.2 Å². The lowest BCUT2D eigenvalue weighted by atomic mass is 10.0. The number of anilines is 2. The van der Waals surface area contributed by atoms with Crippen LogP contribution in [0.25, 0.3) is 6.08 Å². The molecule has 5 rings (SSSR count). The van der Waals surface area contributed by atoms with Crippen LogP contribution in [0.4, 0.5) is 16.2 Å². The number of hydrogen-bond donors (Lipinski definition) is 0. The summed E-state index contributed by atoms with van der Waals surface area (Å²) in [6.45, 7) is 8.51. The minimum Gasteiger partial charge on any atom is -0.490 e. The molecule has 1 fully saturated rings. The summed E-state index contributed by atoms with van der Waals surface area (Å²) in [5.41, 5.74) is 4.06. The molecule has 0 spiro atoms. The lowest BCUT2D eigenvalue weighted by Gasteiger charge is -2.34. The van der Waals surface area contributed by atoms with E-state index < -0.39 is 17.8 Å². The molecule has 1 aliphatic rings. The standard InChI is InChI=1S/C36H32N2O5/c1-4-12-28-21-27(23-32(42-5-2)33(28)43-24-26-19-17-25(3)18-20-26)22-31-34(39)37(29-13-8-6-9-14-29)36(41)38(35(31)40)30-15-10-7-11-16-30/h4,6-11,13-23H,1,5,12,24H2,2-3H3. The van der Waals surface area contributed by atoms with Gasteiger partial charge in [-0.3, -0.25) is 9.59 Å². The van der Waals surface area contributed by atoms with Crippen molar-refractivity contribution in [2.24, 2.45) is 0 Å². The van der Waals surface area contributed by atoms with Crippen molar-refractivity contribution in [2.75, 3.05) is 16.4 Å². The molecule has 1 heterocycles. The highest BCUT2D eigenvalue weighted by atomic mass is 16.5. The number of amides is 4. The van der Waals surface area contributed by atoms with Crippen LogP contribution in [0.1, 0.15) is 29.2 Å². The van der Waals surface area contributed by atoms with Gasteiger partial charge >= 0.3 is 6.03 Å². The molecule has 0 N–H and O–H groups in total. The first-order chi connectivity index (χ1) is 20.9. The Labute approximate surface area is 251 Å². The maximum absolute atomic E-state index is 13.8. The SMILES string of the molecule is C=CCc1cc(C=C2C(=O)N(c3ccccc3)C(=O)N(c3ccccc3)C2=O)cc(OCC)c1OCc1ccc(C)cc1. The minimum absolute atomic E-state index is 0.160. The first-order valence-corrected chi connectivity index (χ1v) is 14.0. The van der Waals surface area contributed by atoms with Crippen molar-refractivity contribution in [3.63, 3.8) is 0 Å². The Bertz CT molecular complexity index is 1610. The van der Waals surface area contributed by atoms with E-state index in [1.54, 1.807) is 72.8 Å². The van der Waals surface area contributed by atoms with Crippen LogP contribution in [0.2, 0.25) is 0 Å². The second-order valence-electron chi connectivity index (χ2n) is 10.0. The Morgan fingerprint density at radius 2 is 1.35 bits per heavy atom. The maximum atomic E-state index is 13.8. The molecule has 4 amide bonds. The van der Waals surface area contributed by atoms with E-state index in [-0.39, 0.29) is 5.57 Å². The number of urea groups is 1. The van der Waals surface area contributed by atoms with Crippen LogP contribution in [0.3, 0.4) is 0 Å². The highest BCUT2D eigenvalue weighted by Crippen LogP contribution is 2.36. The Balaban J connectivity index is 1.59. The molecule has 1 aliphatic heterocycles. The zero-order valence-electron chi connectivity index (χ0n) is 24.2. The first kappa shape index (κ1) is 29.1. The molecular weight excluding hydrogens is 540 g/mol. The number of rotatable bonds is 10. The second kappa shape index (κ2) is 13.0. The minimum atomic E-state index is -0.744. The van der Waals surface area contributed by atoms with Gasteiger partial charge in [0.2, 0.25) is 0 Å². The third-order valence-corrected chi connectivity index (χ3v) is 6.91. The van der Waals surface area contributed by atoms with Gasteiger partial charge in [-0.1, -0.05) is 72.3 Å². The predicted octanol–water partition coefficient (Wildman–Crippen LogP) is 7.28. The number of benzene rings is 4. The summed E-state index contributed by atoms with van der Waals surface area (Å²) in [5, 5.41) is 0. The summed E-state index contributed by atoms with van der Waals surface area (Å²) < 4.78 is 12.2. The number of aryl methyl sites for hydroxylation is 1. The number of para-hydroxylation sites is 2. The van der Waals surface area contributed by atoms with Gasteiger partial charge in [-0.25, -0.2) is 14.6 Å². The average molecular weight is 573 g/mol. The molecule has 0 bridgehead atoms. The number of allylic oxidation sites excluding steroid dienone is 1. The van der Waals surface area contributed by atoms with Gasteiger partial charge in [-0.2, -0.15) is 0 Å². The van der Waals surface area contributed by atoms with Gasteiger partial charge in [0.15, 0.2) is 11.5 Å². The first-order valence-electron chi connectivity index (χ1n) is 14.0. The van der Waals surface area contributed by atoms with Crippen molar-refractivity contribution in [1.29, 1.82) is 0 Å². The third kappa shape index (κ3) is 6.26. The predicted molar refractivity (Wildman–Crippen MR) is 168 cm³/mol. The smallest absolute Gasteiger partial charge is 0.343 e. The van der Waals surface area contributed by atoms with Crippen molar-refractivity contribution in [3.05, 3.63) is 138 Å². The molecule has 43 heavy (non-hydrogen) atoms. The van der Waals surface area contributed by atoms with Crippen molar-refractivity contribution in [2.45, 2.75) is 26.9 Å². The van der Waals surface area contributed by atoms with E-state index in [2.05, 4.69) is 6.58 Å². The van der Waals surface area contributed by atoms with E-state index in [1.807, 2.05) is 44.2 Å². The van der Waals surface area contributed by atoms with Gasteiger partial charge in [0.25, 0.3) is 11.8 Å². The molecule has 216 valence electrons. The van der Waals surface area contributed by atoms with Crippen LogP contribution >= 0.6 is 0 Å². The molecule has 0 saturated carbocycles. The third-order valence-electron chi connectivity index (χ3n) is 6.91. The van der Waals surface area contributed by atoms with Gasteiger partial charge in [0.05, 0.1) is 18.0 Å². The molecule has 0 aromatic heterocycles. The summed E-state index contributed by atoms with van der Waals surface area (Å²) in [7, 11) is 0. The number of carbonyl (C=O) groups excluding carboxylic acids is 3. The van der Waals surface area contributed by atoms with Gasteiger partial charge in [-0.15, -0.1) is 6.58 Å². The largest absolute Gasteiger partial charge is 0.490 e. The molecule has 7 nitrogen and oxygen atoms in total. The summed E-state index contributed by atoms with van der Waals surface area (Å²) >= 11 is 0. The highest BCUT2D eigenvalue weighted by Gasteiger charge is 2.43. The molecule has 0 aliphatic carbocycles. The lowest BCUT2D eigenvalue weighted by Crippen LogP contribution is -2.57. The lowest BCUT2D eigenvalue weighted by molar-refractivity contribution is -0.121. The van der Waals surface area contributed by atoms with Crippen LogP contribution in [0.5, 0.6) is 11.5 Å². The van der Waals surface area contributed by atoms with E-state index in [9.17, 15) is 14.4 Å². The molecule has 0 atom stereocenters. The van der Waals surface area contributed by atoms with Gasteiger partial charge in [-0.05, 0) is 73.9 Å². The summed E-state index contributed by atoms with van der Waals surface area (Å²) in [5.74, 6) is -0.377. The summed E-state index contributed by atoms with van der Waals surface area (Å²) in [6, 6.07) is 28.0. The number of carbonyl (C=O) groups is 3. The van der Waals surface area contributed by atoms with E-state index in [0.29, 0.717) is 48.1 Å². The Hall–Kier alpha value is -5.43. The highest BCUT2D eigenvalue weighted by molar-refractivity contribution is 6.46. The second-order valence-corrected chi connectivity index (χ2v) is 10.0. The molecule has 4 aromatic carbocycles. The number of ether oxygens (including phenoxy) is 2. The van der Waals surface area contributed by atoms with Gasteiger partial charge in [0, 0.05) is 5.56 Å². The van der Waals surface area contributed by atoms with Crippen molar-refractivity contribution in [3.8, 4) is 11.5 Å². The Morgan fingerprint density at radius 3 is 1.88 bits per heavy atom. The molecule has 0 radical (unpaired) electrons. The zero-order valence-corrected chi connectivity index (χ0v) is 24.2. The molecule has 0 unspecified atom stereocenters. The normalized spacial score (nSPS) is 13.3. The van der Waals surface area contributed by atoms with Crippen LogP contribution in [-0.4, -0.2) is 24.5 Å². The zero-order chi connectivity index (χ0) is 30.3. The summed E-state index contributed by atoms with van der Waals surface area (Å²) in [4.78, 5) is 43.3.